The third-order valence-electron chi connectivity index (χ3n) is 3.74. The molecule has 1 aromatic carbocycles. The summed E-state index contributed by atoms with van der Waals surface area (Å²) in [5.74, 6) is 0.778. The highest BCUT2D eigenvalue weighted by molar-refractivity contribution is 6.30. The summed E-state index contributed by atoms with van der Waals surface area (Å²) in [6, 6.07) is 7.87. The molecule has 0 saturated heterocycles. The van der Waals surface area contributed by atoms with E-state index in [2.05, 4.69) is 27.5 Å². The van der Waals surface area contributed by atoms with Crippen LogP contribution in [-0.4, -0.2) is 21.6 Å². The second-order valence-corrected chi connectivity index (χ2v) is 5.40. The number of aromatic nitrogens is 3. The molecule has 0 saturated carbocycles. The Balaban J connectivity index is 2.03. The molecule has 5 heteroatoms. The molecule has 0 aliphatic rings. The van der Waals surface area contributed by atoms with Crippen LogP contribution in [0.4, 0.5) is 0 Å². The van der Waals surface area contributed by atoms with Crippen LogP contribution in [0.5, 0.6) is 5.75 Å². The highest BCUT2D eigenvalue weighted by atomic mass is 35.5. The zero-order chi connectivity index (χ0) is 15.0. The SMILES string of the molecule is COc1ccc2cc(Cn3cnc(C)c3C)c(Cl)nc2c1. The maximum absolute atomic E-state index is 6.32. The number of imidazole rings is 1. The molecule has 0 aliphatic carbocycles. The number of ether oxygens (including phenoxy) is 1. The van der Waals surface area contributed by atoms with Crippen molar-refractivity contribution in [1.82, 2.24) is 14.5 Å². The van der Waals surface area contributed by atoms with Gasteiger partial charge in [-0.3, -0.25) is 0 Å². The molecule has 0 aliphatic heterocycles. The van der Waals surface area contributed by atoms with E-state index in [0.717, 1.165) is 33.6 Å². The zero-order valence-electron chi connectivity index (χ0n) is 12.2. The van der Waals surface area contributed by atoms with Crippen molar-refractivity contribution in [3.63, 3.8) is 0 Å². The van der Waals surface area contributed by atoms with Crippen LogP contribution >= 0.6 is 11.6 Å². The van der Waals surface area contributed by atoms with Crippen LogP contribution in [0.3, 0.4) is 0 Å². The summed E-state index contributed by atoms with van der Waals surface area (Å²) in [7, 11) is 1.64. The second-order valence-electron chi connectivity index (χ2n) is 5.04. The van der Waals surface area contributed by atoms with E-state index >= 15 is 0 Å². The van der Waals surface area contributed by atoms with Crippen molar-refractivity contribution >= 4 is 22.5 Å². The first-order valence-electron chi connectivity index (χ1n) is 6.70. The molecule has 2 heterocycles. The molecule has 0 spiro atoms. The molecule has 0 fully saturated rings. The predicted molar refractivity (Wildman–Crippen MR) is 84.1 cm³/mol. The van der Waals surface area contributed by atoms with Gasteiger partial charge in [0.15, 0.2) is 0 Å². The number of rotatable bonds is 3. The fourth-order valence-electron chi connectivity index (χ4n) is 2.29. The van der Waals surface area contributed by atoms with Crippen LogP contribution in [0.15, 0.2) is 30.6 Å². The lowest BCUT2D eigenvalue weighted by molar-refractivity contribution is 0.415. The number of pyridine rings is 1. The van der Waals surface area contributed by atoms with Crippen LogP contribution in [0, 0.1) is 13.8 Å². The van der Waals surface area contributed by atoms with E-state index in [1.807, 2.05) is 31.5 Å². The summed E-state index contributed by atoms with van der Waals surface area (Å²) in [5, 5.41) is 1.56. The van der Waals surface area contributed by atoms with Crippen molar-refractivity contribution < 1.29 is 4.74 Å². The molecule has 2 aromatic heterocycles. The average molecular weight is 302 g/mol. The van der Waals surface area contributed by atoms with Crippen LogP contribution in [0.25, 0.3) is 10.9 Å². The Bertz CT molecular complexity index is 811. The Labute approximate surface area is 128 Å². The molecule has 0 bridgehead atoms. The van der Waals surface area contributed by atoms with E-state index in [1.165, 1.54) is 0 Å². The molecular formula is C16H16ClN3O. The number of hydrogen-bond acceptors (Lipinski definition) is 3. The topological polar surface area (TPSA) is 39.9 Å². The van der Waals surface area contributed by atoms with Crippen LogP contribution in [0.1, 0.15) is 17.0 Å². The number of nitrogens with zero attached hydrogens (tertiary/aromatic N) is 3. The third-order valence-corrected chi connectivity index (χ3v) is 4.06. The van der Waals surface area contributed by atoms with Crippen molar-refractivity contribution in [2.24, 2.45) is 0 Å². The number of aryl methyl sites for hydroxylation is 1. The Morgan fingerprint density at radius 1 is 1.24 bits per heavy atom. The summed E-state index contributed by atoms with van der Waals surface area (Å²) in [5.41, 5.74) is 3.99. The van der Waals surface area contributed by atoms with E-state index < -0.39 is 0 Å². The van der Waals surface area contributed by atoms with Crippen LogP contribution < -0.4 is 4.74 Å². The Morgan fingerprint density at radius 2 is 2.05 bits per heavy atom. The van der Waals surface area contributed by atoms with Gasteiger partial charge in [-0.25, -0.2) is 9.97 Å². The van der Waals surface area contributed by atoms with Gasteiger partial charge in [-0.1, -0.05) is 11.6 Å². The zero-order valence-corrected chi connectivity index (χ0v) is 13.0. The summed E-state index contributed by atoms with van der Waals surface area (Å²) >= 11 is 6.32. The highest BCUT2D eigenvalue weighted by Crippen LogP contribution is 2.25. The van der Waals surface area contributed by atoms with Crippen molar-refractivity contribution in [3.8, 4) is 5.75 Å². The normalized spacial score (nSPS) is 11.0. The van der Waals surface area contributed by atoms with Gasteiger partial charge in [-0.2, -0.15) is 0 Å². The van der Waals surface area contributed by atoms with E-state index in [0.29, 0.717) is 11.7 Å². The Kier molecular flexibility index (Phi) is 3.55. The molecular weight excluding hydrogens is 286 g/mol. The average Bonchev–Trinajstić information content (AvgIpc) is 2.79. The van der Waals surface area contributed by atoms with Gasteiger partial charge in [-0.15, -0.1) is 0 Å². The van der Waals surface area contributed by atoms with Gasteiger partial charge in [-0.05, 0) is 32.0 Å². The largest absolute Gasteiger partial charge is 0.497 e. The van der Waals surface area contributed by atoms with E-state index in [-0.39, 0.29) is 0 Å². The number of halogens is 1. The fraction of sp³-hybridized carbons (Fsp3) is 0.250. The monoisotopic (exact) mass is 301 g/mol. The number of fused-ring (bicyclic) bond motifs is 1. The molecule has 3 rings (SSSR count). The maximum atomic E-state index is 6.32. The first kappa shape index (κ1) is 13.9. The predicted octanol–water partition coefficient (Wildman–Crippen LogP) is 3.76. The molecule has 0 unspecified atom stereocenters. The minimum absolute atomic E-state index is 0.515. The van der Waals surface area contributed by atoms with Crippen LogP contribution in [0.2, 0.25) is 5.15 Å². The number of hydrogen-bond donors (Lipinski definition) is 0. The summed E-state index contributed by atoms with van der Waals surface area (Å²) < 4.78 is 7.29. The van der Waals surface area contributed by atoms with E-state index in [1.54, 1.807) is 7.11 Å². The van der Waals surface area contributed by atoms with Gasteiger partial charge < -0.3 is 9.30 Å². The quantitative estimate of drug-likeness (QED) is 0.692. The van der Waals surface area contributed by atoms with E-state index in [4.69, 9.17) is 16.3 Å². The first-order valence-corrected chi connectivity index (χ1v) is 7.08. The second kappa shape index (κ2) is 5.37. The summed E-state index contributed by atoms with van der Waals surface area (Å²) in [6.45, 7) is 4.72. The molecule has 0 atom stereocenters. The molecule has 0 amide bonds. The molecule has 21 heavy (non-hydrogen) atoms. The molecule has 4 nitrogen and oxygen atoms in total. The summed E-state index contributed by atoms with van der Waals surface area (Å²) in [4.78, 5) is 8.78. The first-order chi connectivity index (χ1) is 10.1. The van der Waals surface area contributed by atoms with Gasteiger partial charge in [0.25, 0.3) is 0 Å². The van der Waals surface area contributed by atoms with Gasteiger partial charge in [0.2, 0.25) is 0 Å². The molecule has 0 N–H and O–H groups in total. The highest BCUT2D eigenvalue weighted by Gasteiger charge is 2.09. The summed E-state index contributed by atoms with van der Waals surface area (Å²) in [6.07, 6.45) is 1.83. The lowest BCUT2D eigenvalue weighted by atomic mass is 10.1. The minimum atomic E-state index is 0.515. The van der Waals surface area contributed by atoms with Crippen LogP contribution in [-0.2, 0) is 6.54 Å². The minimum Gasteiger partial charge on any atom is -0.497 e. The Morgan fingerprint density at radius 3 is 2.71 bits per heavy atom. The fourth-order valence-corrected chi connectivity index (χ4v) is 2.50. The lowest BCUT2D eigenvalue weighted by Crippen LogP contribution is -2.02. The molecule has 108 valence electrons. The standard InChI is InChI=1S/C16H16ClN3O/c1-10-11(2)20(9-18-10)8-13-6-12-4-5-14(21-3)7-15(12)19-16(13)17/h4-7,9H,8H2,1-3H3. The van der Waals surface area contributed by atoms with Gasteiger partial charge in [0.1, 0.15) is 10.9 Å². The van der Waals surface area contributed by atoms with Crippen molar-refractivity contribution in [1.29, 1.82) is 0 Å². The van der Waals surface area contributed by atoms with Crippen molar-refractivity contribution in [3.05, 3.63) is 52.7 Å². The number of benzene rings is 1. The molecule has 0 radical (unpaired) electrons. The third kappa shape index (κ3) is 2.59. The van der Waals surface area contributed by atoms with Gasteiger partial charge in [0, 0.05) is 22.7 Å². The lowest BCUT2D eigenvalue weighted by Gasteiger charge is -2.09. The van der Waals surface area contributed by atoms with Crippen molar-refractivity contribution in [2.75, 3.05) is 7.11 Å². The van der Waals surface area contributed by atoms with Crippen molar-refractivity contribution in [2.45, 2.75) is 20.4 Å². The van der Waals surface area contributed by atoms with Gasteiger partial charge in [0.05, 0.1) is 31.2 Å². The number of methoxy groups -OCH3 is 1. The molecule has 3 aromatic rings. The van der Waals surface area contributed by atoms with E-state index in [9.17, 15) is 0 Å². The van der Waals surface area contributed by atoms with Gasteiger partial charge >= 0.3 is 0 Å². The Hall–Kier alpha value is -2.07. The maximum Gasteiger partial charge on any atom is 0.134 e. The smallest absolute Gasteiger partial charge is 0.134 e.